The Morgan fingerprint density at radius 2 is 2.31 bits per heavy atom. The third-order valence-corrected chi connectivity index (χ3v) is 3.03. The predicted octanol–water partition coefficient (Wildman–Crippen LogP) is 3.28. The van der Waals surface area contributed by atoms with Gasteiger partial charge in [-0.3, -0.25) is 4.98 Å². The number of hydrogen-bond acceptors (Lipinski definition) is 3. The molecule has 0 radical (unpaired) electrons. The third kappa shape index (κ3) is 1.95. The molecule has 0 amide bonds. The number of nitrogens with zero attached hydrogens (tertiary/aromatic N) is 2. The Labute approximate surface area is 88.8 Å². The molecule has 0 aliphatic heterocycles. The SMILES string of the molecule is Cc1cc(-c2csc(Br)n2)ccn1. The van der Waals surface area contributed by atoms with E-state index >= 15 is 0 Å². The lowest BCUT2D eigenvalue weighted by Crippen LogP contribution is -1.82. The van der Waals surface area contributed by atoms with Crippen LogP contribution in [0, 0.1) is 6.92 Å². The van der Waals surface area contributed by atoms with Crippen LogP contribution in [0.4, 0.5) is 0 Å². The summed E-state index contributed by atoms with van der Waals surface area (Å²) >= 11 is 4.93. The van der Waals surface area contributed by atoms with Crippen molar-refractivity contribution in [3.63, 3.8) is 0 Å². The zero-order valence-electron chi connectivity index (χ0n) is 6.99. The lowest BCUT2D eigenvalue weighted by atomic mass is 10.2. The first-order valence-corrected chi connectivity index (χ1v) is 5.47. The fourth-order valence-electron chi connectivity index (χ4n) is 1.09. The van der Waals surface area contributed by atoms with E-state index in [9.17, 15) is 0 Å². The molecule has 0 aromatic carbocycles. The van der Waals surface area contributed by atoms with Gasteiger partial charge in [0.1, 0.15) is 0 Å². The fraction of sp³-hybridized carbons (Fsp3) is 0.111. The van der Waals surface area contributed by atoms with Crippen LogP contribution < -0.4 is 0 Å². The zero-order valence-corrected chi connectivity index (χ0v) is 9.39. The molecule has 4 heteroatoms. The summed E-state index contributed by atoms with van der Waals surface area (Å²) in [4.78, 5) is 8.47. The van der Waals surface area contributed by atoms with Crippen molar-refractivity contribution in [1.29, 1.82) is 0 Å². The van der Waals surface area contributed by atoms with Crippen molar-refractivity contribution in [1.82, 2.24) is 9.97 Å². The van der Waals surface area contributed by atoms with Crippen LogP contribution in [0.25, 0.3) is 11.3 Å². The molecule has 0 aliphatic rings. The lowest BCUT2D eigenvalue weighted by molar-refractivity contribution is 1.20. The Hall–Kier alpha value is -0.740. The summed E-state index contributed by atoms with van der Waals surface area (Å²) < 4.78 is 0.914. The molecule has 0 atom stereocenters. The van der Waals surface area contributed by atoms with Crippen molar-refractivity contribution in [3.05, 3.63) is 33.3 Å². The van der Waals surface area contributed by atoms with E-state index in [-0.39, 0.29) is 0 Å². The van der Waals surface area contributed by atoms with Gasteiger partial charge in [0.05, 0.1) is 5.69 Å². The second kappa shape index (κ2) is 3.55. The highest BCUT2D eigenvalue weighted by Gasteiger charge is 2.02. The number of aromatic nitrogens is 2. The van der Waals surface area contributed by atoms with Gasteiger partial charge in [-0.05, 0) is 35.0 Å². The maximum Gasteiger partial charge on any atom is 0.159 e. The van der Waals surface area contributed by atoms with Crippen molar-refractivity contribution < 1.29 is 0 Å². The Bertz CT molecular complexity index is 425. The molecule has 0 unspecified atom stereocenters. The van der Waals surface area contributed by atoms with E-state index in [0.717, 1.165) is 20.9 Å². The van der Waals surface area contributed by atoms with Gasteiger partial charge in [-0.1, -0.05) is 0 Å². The van der Waals surface area contributed by atoms with Crippen LogP contribution in [0.3, 0.4) is 0 Å². The maximum absolute atomic E-state index is 4.33. The van der Waals surface area contributed by atoms with Crippen molar-refractivity contribution in [2.75, 3.05) is 0 Å². The number of thiazole rings is 1. The molecule has 0 saturated carbocycles. The molecule has 0 bridgehead atoms. The summed E-state index contributed by atoms with van der Waals surface area (Å²) in [6.45, 7) is 1.98. The van der Waals surface area contributed by atoms with E-state index in [1.165, 1.54) is 0 Å². The number of hydrogen-bond donors (Lipinski definition) is 0. The Kier molecular flexibility index (Phi) is 2.42. The number of aryl methyl sites for hydroxylation is 1. The van der Waals surface area contributed by atoms with Gasteiger partial charge in [-0.25, -0.2) is 4.98 Å². The Balaban J connectivity index is 2.46. The molecular weight excluding hydrogens is 248 g/mol. The average Bonchev–Trinajstić information content (AvgIpc) is 2.52. The molecule has 2 heterocycles. The molecule has 2 rings (SSSR count). The van der Waals surface area contributed by atoms with Crippen molar-refractivity contribution in [2.24, 2.45) is 0 Å². The van der Waals surface area contributed by atoms with Crippen LogP contribution >= 0.6 is 27.3 Å². The van der Waals surface area contributed by atoms with Crippen LogP contribution in [-0.4, -0.2) is 9.97 Å². The minimum Gasteiger partial charge on any atom is -0.262 e. The molecule has 2 nitrogen and oxygen atoms in total. The van der Waals surface area contributed by atoms with Gasteiger partial charge in [0.2, 0.25) is 0 Å². The van der Waals surface area contributed by atoms with E-state index in [4.69, 9.17) is 0 Å². The largest absolute Gasteiger partial charge is 0.262 e. The standard InChI is InChI=1S/C9H7BrN2S/c1-6-4-7(2-3-11-6)8-5-13-9(10)12-8/h2-5H,1H3. The number of pyridine rings is 1. The lowest BCUT2D eigenvalue weighted by Gasteiger charge is -1.96. The summed E-state index contributed by atoms with van der Waals surface area (Å²) in [6.07, 6.45) is 1.80. The van der Waals surface area contributed by atoms with E-state index in [2.05, 4.69) is 25.9 Å². The third-order valence-electron chi connectivity index (χ3n) is 1.67. The maximum atomic E-state index is 4.33. The smallest absolute Gasteiger partial charge is 0.159 e. The molecule has 0 spiro atoms. The van der Waals surface area contributed by atoms with Gasteiger partial charge in [0.25, 0.3) is 0 Å². The summed E-state index contributed by atoms with van der Waals surface area (Å²) in [5, 5.41) is 2.03. The Morgan fingerprint density at radius 1 is 1.46 bits per heavy atom. The second-order valence-corrected chi connectivity index (χ2v) is 4.81. The molecule has 2 aromatic rings. The quantitative estimate of drug-likeness (QED) is 0.781. The van der Waals surface area contributed by atoms with Gasteiger partial charge in [-0.15, -0.1) is 11.3 Å². The zero-order chi connectivity index (χ0) is 9.26. The molecular formula is C9H7BrN2S. The Morgan fingerprint density at radius 3 is 2.92 bits per heavy atom. The molecule has 13 heavy (non-hydrogen) atoms. The van der Waals surface area contributed by atoms with E-state index in [0.29, 0.717) is 0 Å². The first-order chi connectivity index (χ1) is 6.25. The molecule has 0 fully saturated rings. The minimum atomic E-state index is 0.914. The van der Waals surface area contributed by atoms with Gasteiger partial charge in [0.15, 0.2) is 3.92 Å². The molecule has 0 N–H and O–H groups in total. The van der Waals surface area contributed by atoms with E-state index < -0.39 is 0 Å². The highest BCUT2D eigenvalue weighted by atomic mass is 79.9. The van der Waals surface area contributed by atoms with Crippen LogP contribution in [0.5, 0.6) is 0 Å². The summed E-state index contributed by atoms with van der Waals surface area (Å²) in [7, 11) is 0. The first kappa shape index (κ1) is 8.84. The van der Waals surface area contributed by atoms with Crippen LogP contribution in [0.2, 0.25) is 0 Å². The van der Waals surface area contributed by atoms with E-state index in [1.54, 1.807) is 17.5 Å². The van der Waals surface area contributed by atoms with Crippen molar-refractivity contribution in [3.8, 4) is 11.3 Å². The van der Waals surface area contributed by atoms with Crippen molar-refractivity contribution >= 4 is 27.3 Å². The van der Waals surface area contributed by atoms with Crippen LogP contribution in [0.15, 0.2) is 27.6 Å². The average molecular weight is 255 g/mol. The van der Waals surface area contributed by atoms with Crippen LogP contribution in [0.1, 0.15) is 5.69 Å². The highest BCUT2D eigenvalue weighted by molar-refractivity contribution is 9.11. The number of halogens is 1. The van der Waals surface area contributed by atoms with Gasteiger partial charge >= 0.3 is 0 Å². The monoisotopic (exact) mass is 254 g/mol. The molecule has 0 aliphatic carbocycles. The predicted molar refractivity (Wildman–Crippen MR) is 57.8 cm³/mol. The summed E-state index contributed by atoms with van der Waals surface area (Å²) in [5.41, 5.74) is 3.14. The first-order valence-electron chi connectivity index (χ1n) is 3.80. The minimum absolute atomic E-state index is 0.914. The van der Waals surface area contributed by atoms with E-state index in [1.807, 2.05) is 24.4 Å². The molecule has 66 valence electrons. The highest BCUT2D eigenvalue weighted by Crippen LogP contribution is 2.24. The topological polar surface area (TPSA) is 25.8 Å². The van der Waals surface area contributed by atoms with Crippen LogP contribution in [-0.2, 0) is 0 Å². The van der Waals surface area contributed by atoms with Gasteiger partial charge in [0, 0.05) is 22.8 Å². The summed E-state index contributed by atoms with van der Waals surface area (Å²) in [6, 6.07) is 4.00. The molecule has 2 aromatic heterocycles. The van der Waals surface area contributed by atoms with Gasteiger partial charge in [-0.2, -0.15) is 0 Å². The van der Waals surface area contributed by atoms with Gasteiger partial charge < -0.3 is 0 Å². The summed E-state index contributed by atoms with van der Waals surface area (Å²) in [5.74, 6) is 0. The van der Waals surface area contributed by atoms with Crippen molar-refractivity contribution in [2.45, 2.75) is 6.92 Å². The fourth-order valence-corrected chi connectivity index (χ4v) is 2.11. The number of rotatable bonds is 1. The molecule has 0 saturated heterocycles. The normalized spacial score (nSPS) is 10.3. The second-order valence-electron chi connectivity index (χ2n) is 2.67.